The summed E-state index contributed by atoms with van der Waals surface area (Å²) in [5, 5.41) is 0. The molecule has 0 N–H and O–H groups in total. The quantitative estimate of drug-likeness (QED) is 0.323. The average Bonchev–Trinajstić information content (AvgIpc) is 3.19. The van der Waals surface area contributed by atoms with Crippen LogP contribution in [0.15, 0.2) is 61.9 Å². The van der Waals surface area contributed by atoms with E-state index in [4.69, 9.17) is 18.9 Å². The fraction of sp³-hybridized carbons (Fsp3) is 0.345. The molecule has 8 nitrogen and oxygen atoms in total. The molecule has 10 heteroatoms. The Balaban J connectivity index is 1.97. The van der Waals surface area contributed by atoms with Crippen molar-refractivity contribution in [2.24, 2.45) is 4.99 Å². The van der Waals surface area contributed by atoms with Crippen LogP contribution in [-0.2, 0) is 9.53 Å². The topological polar surface area (TPSA) is 88.4 Å². The smallest absolute Gasteiger partial charge is 0.338 e. The summed E-state index contributed by atoms with van der Waals surface area (Å²) in [5.41, 5.74) is 1.94. The van der Waals surface area contributed by atoms with E-state index in [1.54, 1.807) is 31.6 Å². The Bertz CT molecular complexity index is 1600. The number of carbonyl (C=O) groups is 1. The van der Waals surface area contributed by atoms with Crippen molar-refractivity contribution in [2.45, 2.75) is 46.8 Å². The molecule has 2 heterocycles. The Morgan fingerprint density at radius 2 is 1.90 bits per heavy atom. The molecule has 0 amide bonds. The number of thiazole rings is 1. The van der Waals surface area contributed by atoms with Crippen LogP contribution in [0.5, 0.6) is 17.2 Å². The van der Waals surface area contributed by atoms with E-state index < -0.39 is 12.0 Å². The number of halogens is 1. The molecule has 0 aliphatic carbocycles. The third kappa shape index (κ3) is 5.81. The van der Waals surface area contributed by atoms with Gasteiger partial charge in [-0.05, 0) is 64.5 Å². The first-order valence-corrected chi connectivity index (χ1v) is 14.3. The zero-order chi connectivity index (χ0) is 28.3. The van der Waals surface area contributed by atoms with Crippen LogP contribution in [0, 0.1) is 0 Å². The number of aromatic nitrogens is 1. The van der Waals surface area contributed by atoms with Crippen molar-refractivity contribution in [2.75, 3.05) is 20.3 Å². The van der Waals surface area contributed by atoms with Gasteiger partial charge in [0, 0.05) is 10.0 Å². The van der Waals surface area contributed by atoms with E-state index in [0.29, 0.717) is 50.0 Å². The van der Waals surface area contributed by atoms with Gasteiger partial charge in [-0.1, -0.05) is 45.5 Å². The van der Waals surface area contributed by atoms with Crippen molar-refractivity contribution in [1.29, 1.82) is 0 Å². The molecule has 1 aliphatic rings. The molecule has 0 fully saturated rings. The summed E-state index contributed by atoms with van der Waals surface area (Å²) in [5.74, 6) is 1.22. The zero-order valence-corrected chi connectivity index (χ0v) is 25.1. The number of ether oxygens (including phenoxy) is 4. The number of esters is 1. The number of hydrogen-bond acceptors (Lipinski definition) is 8. The van der Waals surface area contributed by atoms with Crippen LogP contribution in [0.2, 0.25) is 0 Å². The summed E-state index contributed by atoms with van der Waals surface area (Å²) >= 11 is 4.84. The molecule has 0 bridgehead atoms. The summed E-state index contributed by atoms with van der Waals surface area (Å²) in [6, 6.07) is 10.3. The number of rotatable bonds is 9. The largest absolute Gasteiger partial charge is 0.493 e. The maximum absolute atomic E-state index is 14.0. The van der Waals surface area contributed by atoms with E-state index in [2.05, 4.69) is 20.9 Å². The lowest BCUT2D eigenvalue weighted by Gasteiger charge is -2.26. The second-order valence-corrected chi connectivity index (χ2v) is 10.8. The summed E-state index contributed by atoms with van der Waals surface area (Å²) in [4.78, 5) is 32.4. The van der Waals surface area contributed by atoms with Gasteiger partial charge >= 0.3 is 5.97 Å². The van der Waals surface area contributed by atoms with Gasteiger partial charge in [0.1, 0.15) is 11.8 Å². The highest BCUT2D eigenvalue weighted by atomic mass is 79.9. The van der Waals surface area contributed by atoms with E-state index in [1.165, 1.54) is 11.3 Å². The fourth-order valence-corrected chi connectivity index (χ4v) is 5.86. The molecule has 0 saturated heterocycles. The molecule has 39 heavy (non-hydrogen) atoms. The van der Waals surface area contributed by atoms with Gasteiger partial charge in [-0.3, -0.25) is 9.36 Å². The average molecular weight is 616 g/mol. The third-order valence-electron chi connectivity index (χ3n) is 5.96. The standard InChI is InChI=1S/C29H31BrN2O6S/c1-7-36-23-15-20(30)18(13-22(23)35-6)14-24-27(33)32-26(19-11-9-10-12-21(19)38-16(3)4)25(28(34)37-8-2)17(5)31-29(32)39-24/h9-16,26H,7-8H2,1-6H3/b24-14+/t26-/m0/s1. The van der Waals surface area contributed by atoms with Crippen LogP contribution in [0.3, 0.4) is 0 Å². The van der Waals surface area contributed by atoms with Crippen molar-refractivity contribution in [3.63, 3.8) is 0 Å². The fourth-order valence-electron chi connectivity index (χ4n) is 4.38. The van der Waals surface area contributed by atoms with Gasteiger partial charge in [0.25, 0.3) is 5.56 Å². The minimum absolute atomic E-state index is 0.106. The number of nitrogens with zero attached hydrogens (tertiary/aromatic N) is 2. The lowest BCUT2D eigenvalue weighted by atomic mass is 9.95. The summed E-state index contributed by atoms with van der Waals surface area (Å²) in [6.45, 7) is 9.95. The van der Waals surface area contributed by atoms with E-state index in [-0.39, 0.29) is 18.3 Å². The van der Waals surface area contributed by atoms with E-state index in [1.807, 2.05) is 57.2 Å². The molecule has 0 saturated carbocycles. The SMILES string of the molecule is CCOC(=O)C1=C(C)N=c2s/c(=C/c3cc(OC)c(OCC)cc3Br)c(=O)n2[C@H]1c1ccccc1OC(C)C. The van der Waals surface area contributed by atoms with Crippen LogP contribution in [0.1, 0.15) is 51.8 Å². The molecular weight excluding hydrogens is 584 g/mol. The number of para-hydroxylation sites is 1. The molecule has 4 rings (SSSR count). The first-order chi connectivity index (χ1) is 18.7. The Labute approximate surface area is 239 Å². The van der Waals surface area contributed by atoms with Gasteiger partial charge in [-0.15, -0.1) is 0 Å². The number of methoxy groups -OCH3 is 1. The Kier molecular flexibility index (Phi) is 8.97. The van der Waals surface area contributed by atoms with Crippen LogP contribution in [0.4, 0.5) is 0 Å². The molecule has 0 radical (unpaired) electrons. The van der Waals surface area contributed by atoms with Gasteiger partial charge in [-0.2, -0.15) is 0 Å². The van der Waals surface area contributed by atoms with Gasteiger partial charge in [0.2, 0.25) is 0 Å². The molecule has 0 spiro atoms. The molecule has 0 unspecified atom stereocenters. The van der Waals surface area contributed by atoms with Crippen molar-refractivity contribution >= 4 is 39.3 Å². The number of fused-ring (bicyclic) bond motifs is 1. The highest BCUT2D eigenvalue weighted by Gasteiger charge is 2.35. The van der Waals surface area contributed by atoms with Gasteiger partial charge in [0.05, 0.1) is 42.2 Å². The lowest BCUT2D eigenvalue weighted by Crippen LogP contribution is -2.40. The van der Waals surface area contributed by atoms with Gasteiger partial charge in [0.15, 0.2) is 16.3 Å². The summed E-state index contributed by atoms with van der Waals surface area (Å²) < 4.78 is 25.4. The van der Waals surface area contributed by atoms with E-state index in [0.717, 1.165) is 10.0 Å². The highest BCUT2D eigenvalue weighted by molar-refractivity contribution is 9.10. The molecule has 1 atom stereocenters. The third-order valence-corrected chi connectivity index (χ3v) is 7.63. The van der Waals surface area contributed by atoms with Crippen molar-refractivity contribution < 1.29 is 23.7 Å². The molecule has 1 aromatic heterocycles. The minimum Gasteiger partial charge on any atom is -0.493 e. The molecule has 2 aromatic carbocycles. The number of hydrogen-bond donors (Lipinski definition) is 0. The monoisotopic (exact) mass is 614 g/mol. The maximum Gasteiger partial charge on any atom is 0.338 e. The van der Waals surface area contributed by atoms with Crippen LogP contribution in [0.25, 0.3) is 6.08 Å². The zero-order valence-electron chi connectivity index (χ0n) is 22.7. The predicted octanol–water partition coefficient (Wildman–Crippen LogP) is 4.76. The first-order valence-electron chi connectivity index (χ1n) is 12.7. The first kappa shape index (κ1) is 28.6. The molecule has 206 valence electrons. The Hall–Kier alpha value is -3.37. The highest BCUT2D eigenvalue weighted by Crippen LogP contribution is 2.37. The number of benzene rings is 2. The predicted molar refractivity (Wildman–Crippen MR) is 154 cm³/mol. The van der Waals surface area contributed by atoms with Crippen LogP contribution >= 0.6 is 27.3 Å². The minimum atomic E-state index is -0.768. The van der Waals surface area contributed by atoms with E-state index >= 15 is 0 Å². The van der Waals surface area contributed by atoms with Crippen molar-refractivity contribution in [3.8, 4) is 17.2 Å². The Morgan fingerprint density at radius 3 is 2.56 bits per heavy atom. The summed E-state index contributed by atoms with van der Waals surface area (Å²) in [6.07, 6.45) is 1.67. The summed E-state index contributed by atoms with van der Waals surface area (Å²) in [7, 11) is 1.57. The molecular formula is C29H31BrN2O6S. The lowest BCUT2D eigenvalue weighted by molar-refractivity contribution is -0.139. The van der Waals surface area contributed by atoms with Crippen LogP contribution in [-0.4, -0.2) is 37.0 Å². The molecule has 1 aliphatic heterocycles. The number of carbonyl (C=O) groups excluding carboxylic acids is 1. The van der Waals surface area contributed by atoms with Crippen molar-refractivity contribution in [1.82, 2.24) is 4.57 Å². The van der Waals surface area contributed by atoms with Gasteiger partial charge in [-0.25, -0.2) is 9.79 Å². The second kappa shape index (κ2) is 12.2. The second-order valence-electron chi connectivity index (χ2n) is 8.96. The normalized spacial score (nSPS) is 15.2. The van der Waals surface area contributed by atoms with Gasteiger partial charge < -0.3 is 18.9 Å². The van der Waals surface area contributed by atoms with E-state index in [9.17, 15) is 9.59 Å². The van der Waals surface area contributed by atoms with Crippen LogP contribution < -0.4 is 29.1 Å². The maximum atomic E-state index is 14.0. The molecule has 3 aromatic rings. The number of allylic oxidation sites excluding steroid dienone is 1. The Morgan fingerprint density at radius 1 is 1.15 bits per heavy atom. The van der Waals surface area contributed by atoms with Crippen molar-refractivity contribution in [3.05, 3.63) is 83.0 Å².